The summed E-state index contributed by atoms with van der Waals surface area (Å²) >= 11 is 1.51. The van der Waals surface area contributed by atoms with Gasteiger partial charge in [0.05, 0.1) is 23.8 Å². The average Bonchev–Trinajstić information content (AvgIpc) is 3.10. The van der Waals surface area contributed by atoms with Crippen LogP contribution in [0.3, 0.4) is 0 Å². The van der Waals surface area contributed by atoms with Gasteiger partial charge in [0, 0.05) is 16.5 Å². The van der Waals surface area contributed by atoms with Crippen molar-refractivity contribution >= 4 is 17.3 Å². The number of nitrogens with zero attached hydrogens (tertiary/aromatic N) is 1. The molecule has 0 bridgehead atoms. The molecule has 0 saturated carbocycles. The number of furan rings is 1. The van der Waals surface area contributed by atoms with Crippen molar-refractivity contribution in [1.82, 2.24) is 4.98 Å². The molecule has 5 heteroatoms. The number of thiazole rings is 1. The maximum atomic E-state index is 10.8. The molecule has 2 heterocycles. The van der Waals surface area contributed by atoms with Gasteiger partial charge in [-0.25, -0.2) is 9.78 Å². The normalized spacial score (nSPS) is 10.5. The van der Waals surface area contributed by atoms with Gasteiger partial charge < -0.3 is 9.52 Å². The summed E-state index contributed by atoms with van der Waals surface area (Å²) in [5.41, 5.74) is 2.97. The quantitative estimate of drug-likeness (QED) is 0.787. The van der Waals surface area contributed by atoms with Gasteiger partial charge in [-0.05, 0) is 18.2 Å². The van der Waals surface area contributed by atoms with Gasteiger partial charge in [-0.2, -0.15) is 0 Å². The van der Waals surface area contributed by atoms with Crippen molar-refractivity contribution in [3.05, 3.63) is 53.8 Å². The minimum atomic E-state index is -0.926. The Morgan fingerprint density at radius 2 is 1.95 bits per heavy atom. The Kier molecular flexibility index (Phi) is 2.89. The predicted octanol–water partition coefficient (Wildman–Crippen LogP) is 3.77. The molecule has 3 rings (SSSR count). The van der Waals surface area contributed by atoms with Gasteiger partial charge in [-0.3, -0.25) is 0 Å². The van der Waals surface area contributed by atoms with Crippen molar-refractivity contribution in [2.45, 2.75) is 0 Å². The molecular formula is C14H9NO3S. The SMILES string of the molecule is O=C(O)c1ccc(-c2nc(-c3ccoc3)cs2)cc1. The van der Waals surface area contributed by atoms with E-state index in [-0.39, 0.29) is 5.56 Å². The van der Waals surface area contributed by atoms with Crippen LogP contribution < -0.4 is 0 Å². The maximum Gasteiger partial charge on any atom is 0.335 e. The summed E-state index contributed by atoms with van der Waals surface area (Å²) in [6.07, 6.45) is 3.25. The van der Waals surface area contributed by atoms with Gasteiger partial charge in [0.15, 0.2) is 0 Å². The van der Waals surface area contributed by atoms with Crippen LogP contribution in [0.1, 0.15) is 10.4 Å². The second-order valence-corrected chi connectivity index (χ2v) is 4.79. The third-order valence-electron chi connectivity index (χ3n) is 2.70. The molecular weight excluding hydrogens is 262 g/mol. The highest BCUT2D eigenvalue weighted by Gasteiger charge is 2.08. The van der Waals surface area contributed by atoms with Crippen LogP contribution in [-0.2, 0) is 0 Å². The number of carboxylic acids is 1. The summed E-state index contributed by atoms with van der Waals surface area (Å²) in [5, 5.41) is 11.7. The number of rotatable bonds is 3. The Morgan fingerprint density at radius 3 is 2.58 bits per heavy atom. The van der Waals surface area contributed by atoms with Gasteiger partial charge in [0.2, 0.25) is 0 Å². The van der Waals surface area contributed by atoms with E-state index in [0.29, 0.717) is 0 Å². The lowest BCUT2D eigenvalue weighted by Gasteiger charge is -1.97. The Morgan fingerprint density at radius 1 is 1.16 bits per heavy atom. The highest BCUT2D eigenvalue weighted by atomic mass is 32.1. The topological polar surface area (TPSA) is 63.3 Å². The molecule has 0 saturated heterocycles. The summed E-state index contributed by atoms with van der Waals surface area (Å²) in [4.78, 5) is 15.3. The van der Waals surface area contributed by atoms with E-state index in [4.69, 9.17) is 9.52 Å². The van der Waals surface area contributed by atoms with Crippen molar-refractivity contribution in [2.75, 3.05) is 0 Å². The van der Waals surface area contributed by atoms with Crippen LogP contribution in [0.25, 0.3) is 21.8 Å². The van der Waals surface area contributed by atoms with Gasteiger partial charge in [0.1, 0.15) is 5.01 Å². The molecule has 0 atom stereocenters. The highest BCUT2D eigenvalue weighted by molar-refractivity contribution is 7.13. The highest BCUT2D eigenvalue weighted by Crippen LogP contribution is 2.29. The summed E-state index contributed by atoms with van der Waals surface area (Å²) in [6.45, 7) is 0. The number of hydrogen-bond donors (Lipinski definition) is 1. The zero-order valence-corrected chi connectivity index (χ0v) is 10.6. The van der Waals surface area contributed by atoms with E-state index in [1.54, 1.807) is 36.8 Å². The number of carbonyl (C=O) groups is 1. The number of aromatic nitrogens is 1. The lowest BCUT2D eigenvalue weighted by molar-refractivity contribution is 0.0697. The van der Waals surface area contributed by atoms with Crippen LogP contribution in [0, 0.1) is 0 Å². The lowest BCUT2D eigenvalue weighted by atomic mass is 10.1. The first-order valence-corrected chi connectivity index (χ1v) is 6.44. The molecule has 0 fully saturated rings. The number of carboxylic acid groups (broad SMARTS) is 1. The number of benzene rings is 1. The van der Waals surface area contributed by atoms with Crippen LogP contribution in [0.5, 0.6) is 0 Å². The first-order chi connectivity index (χ1) is 9.24. The summed E-state index contributed by atoms with van der Waals surface area (Å²) < 4.78 is 5.03. The molecule has 0 radical (unpaired) electrons. The molecule has 0 amide bonds. The van der Waals surface area contributed by atoms with Crippen LogP contribution in [-0.4, -0.2) is 16.1 Å². The van der Waals surface area contributed by atoms with Crippen molar-refractivity contribution < 1.29 is 14.3 Å². The molecule has 2 aromatic heterocycles. The Bertz CT molecular complexity index is 699. The van der Waals surface area contributed by atoms with Crippen molar-refractivity contribution in [2.24, 2.45) is 0 Å². The Balaban J connectivity index is 1.92. The molecule has 0 aliphatic carbocycles. The zero-order chi connectivity index (χ0) is 13.2. The van der Waals surface area contributed by atoms with Gasteiger partial charge in [-0.15, -0.1) is 11.3 Å². The predicted molar refractivity (Wildman–Crippen MR) is 72.2 cm³/mol. The summed E-state index contributed by atoms with van der Waals surface area (Å²) in [7, 11) is 0. The second-order valence-electron chi connectivity index (χ2n) is 3.93. The second kappa shape index (κ2) is 4.70. The van der Waals surface area contributed by atoms with Crippen molar-refractivity contribution in [3.63, 3.8) is 0 Å². The average molecular weight is 271 g/mol. The smallest absolute Gasteiger partial charge is 0.335 e. The van der Waals surface area contributed by atoms with Gasteiger partial charge >= 0.3 is 5.97 Å². The fraction of sp³-hybridized carbons (Fsp3) is 0. The minimum absolute atomic E-state index is 0.273. The molecule has 0 aliphatic rings. The number of aromatic carboxylic acids is 1. The van der Waals surface area contributed by atoms with Crippen LogP contribution in [0.4, 0.5) is 0 Å². The van der Waals surface area contributed by atoms with Crippen molar-refractivity contribution in [3.8, 4) is 21.8 Å². The molecule has 1 aromatic carbocycles. The van der Waals surface area contributed by atoms with Crippen LogP contribution in [0.15, 0.2) is 52.7 Å². The molecule has 19 heavy (non-hydrogen) atoms. The van der Waals surface area contributed by atoms with E-state index in [0.717, 1.165) is 21.8 Å². The van der Waals surface area contributed by atoms with Gasteiger partial charge in [0.25, 0.3) is 0 Å². The molecule has 3 aromatic rings. The van der Waals surface area contributed by atoms with E-state index in [9.17, 15) is 4.79 Å². The summed E-state index contributed by atoms with van der Waals surface area (Å²) in [5.74, 6) is -0.926. The van der Waals surface area contributed by atoms with Crippen LogP contribution in [0.2, 0.25) is 0 Å². The van der Waals surface area contributed by atoms with E-state index >= 15 is 0 Å². The maximum absolute atomic E-state index is 10.8. The first kappa shape index (κ1) is 11.7. The number of hydrogen-bond acceptors (Lipinski definition) is 4. The lowest BCUT2D eigenvalue weighted by Crippen LogP contribution is -1.94. The standard InChI is InChI=1S/C14H9NO3S/c16-14(17)10-3-1-9(2-4-10)13-15-12(8-19-13)11-5-6-18-7-11/h1-8H,(H,16,17). The third kappa shape index (κ3) is 2.28. The van der Waals surface area contributed by atoms with Crippen LogP contribution >= 0.6 is 11.3 Å². The fourth-order valence-electron chi connectivity index (χ4n) is 1.70. The van der Waals surface area contributed by atoms with E-state index < -0.39 is 5.97 Å². The van der Waals surface area contributed by atoms with Crippen molar-refractivity contribution in [1.29, 1.82) is 0 Å². The Labute approximate surface area is 113 Å². The monoisotopic (exact) mass is 271 g/mol. The Hall–Kier alpha value is -2.40. The van der Waals surface area contributed by atoms with E-state index in [1.807, 2.05) is 11.4 Å². The van der Waals surface area contributed by atoms with Gasteiger partial charge in [-0.1, -0.05) is 12.1 Å². The molecule has 0 aliphatic heterocycles. The molecule has 94 valence electrons. The molecule has 0 spiro atoms. The first-order valence-electron chi connectivity index (χ1n) is 5.56. The minimum Gasteiger partial charge on any atom is -0.478 e. The summed E-state index contributed by atoms with van der Waals surface area (Å²) in [6, 6.07) is 8.54. The molecule has 4 nitrogen and oxygen atoms in total. The molecule has 0 unspecified atom stereocenters. The fourth-order valence-corrected chi connectivity index (χ4v) is 2.54. The van der Waals surface area contributed by atoms with E-state index in [2.05, 4.69) is 4.98 Å². The van der Waals surface area contributed by atoms with E-state index in [1.165, 1.54) is 11.3 Å². The third-order valence-corrected chi connectivity index (χ3v) is 3.59. The molecule has 1 N–H and O–H groups in total. The zero-order valence-electron chi connectivity index (χ0n) is 9.74. The largest absolute Gasteiger partial charge is 0.478 e.